The lowest BCUT2D eigenvalue weighted by Gasteiger charge is -2.34. The molecule has 1 aromatic carbocycles. The van der Waals surface area contributed by atoms with Gasteiger partial charge in [-0.15, -0.1) is 0 Å². The van der Waals surface area contributed by atoms with E-state index >= 15 is 0 Å². The summed E-state index contributed by atoms with van der Waals surface area (Å²) in [6, 6.07) is 8.02. The lowest BCUT2D eigenvalue weighted by Crippen LogP contribution is -2.47. The van der Waals surface area contributed by atoms with Gasteiger partial charge in [-0.1, -0.05) is 18.2 Å². The summed E-state index contributed by atoms with van der Waals surface area (Å²) in [6.45, 7) is 2.63. The molecule has 1 unspecified atom stereocenters. The van der Waals surface area contributed by atoms with Gasteiger partial charge in [-0.3, -0.25) is 0 Å². The van der Waals surface area contributed by atoms with E-state index in [0.29, 0.717) is 32.1 Å². The Balaban J connectivity index is 1.68. The minimum Gasteiger partial charge on any atom is -0.496 e. The monoisotopic (exact) mass is 338 g/mol. The van der Waals surface area contributed by atoms with Crippen molar-refractivity contribution >= 4 is 10.2 Å². The zero-order valence-electron chi connectivity index (χ0n) is 13.8. The van der Waals surface area contributed by atoms with Gasteiger partial charge in [-0.2, -0.15) is 17.0 Å². The lowest BCUT2D eigenvalue weighted by molar-refractivity contribution is 0.249. The van der Waals surface area contributed by atoms with Crippen LogP contribution >= 0.6 is 0 Å². The summed E-state index contributed by atoms with van der Waals surface area (Å²) in [5.74, 6) is 1.25. The van der Waals surface area contributed by atoms with Crippen molar-refractivity contribution in [2.24, 2.45) is 5.92 Å². The molecule has 0 N–H and O–H groups in total. The van der Waals surface area contributed by atoms with Crippen molar-refractivity contribution in [2.75, 3.05) is 33.3 Å². The van der Waals surface area contributed by atoms with Gasteiger partial charge in [0.2, 0.25) is 0 Å². The topological polar surface area (TPSA) is 49.9 Å². The molecule has 5 nitrogen and oxygen atoms in total. The number of methoxy groups -OCH3 is 1. The second kappa shape index (κ2) is 7.20. The van der Waals surface area contributed by atoms with Crippen molar-refractivity contribution in [3.63, 3.8) is 0 Å². The fraction of sp³-hybridized carbons (Fsp3) is 0.647. The van der Waals surface area contributed by atoms with E-state index < -0.39 is 10.2 Å². The van der Waals surface area contributed by atoms with Crippen LogP contribution in [0.25, 0.3) is 0 Å². The molecule has 2 fully saturated rings. The maximum absolute atomic E-state index is 12.7. The van der Waals surface area contributed by atoms with Gasteiger partial charge in [0.1, 0.15) is 5.75 Å². The molecule has 0 bridgehead atoms. The molecule has 128 valence electrons. The summed E-state index contributed by atoms with van der Waals surface area (Å²) < 4.78 is 34.2. The van der Waals surface area contributed by atoms with Gasteiger partial charge in [-0.05, 0) is 49.7 Å². The van der Waals surface area contributed by atoms with Crippen LogP contribution in [0.4, 0.5) is 0 Å². The Morgan fingerprint density at radius 2 is 1.78 bits per heavy atom. The molecule has 0 aromatic heterocycles. The first-order chi connectivity index (χ1) is 11.1. The molecule has 1 atom stereocenters. The molecule has 0 aliphatic carbocycles. The summed E-state index contributed by atoms with van der Waals surface area (Å²) in [4.78, 5) is 0. The summed E-state index contributed by atoms with van der Waals surface area (Å²) in [5.41, 5.74) is 1.17. The molecule has 0 amide bonds. The quantitative estimate of drug-likeness (QED) is 0.828. The number of piperidine rings is 1. The van der Waals surface area contributed by atoms with Crippen molar-refractivity contribution < 1.29 is 13.2 Å². The predicted octanol–water partition coefficient (Wildman–Crippen LogP) is 2.29. The van der Waals surface area contributed by atoms with Crippen LogP contribution < -0.4 is 4.74 Å². The van der Waals surface area contributed by atoms with E-state index in [1.165, 1.54) is 5.56 Å². The molecule has 3 rings (SSSR count). The average molecular weight is 338 g/mol. The largest absolute Gasteiger partial charge is 0.496 e. The average Bonchev–Trinajstić information content (AvgIpc) is 3.11. The van der Waals surface area contributed by atoms with Crippen molar-refractivity contribution in [2.45, 2.75) is 32.1 Å². The summed E-state index contributed by atoms with van der Waals surface area (Å²) >= 11 is 0. The molecule has 6 heteroatoms. The second-order valence-electron chi connectivity index (χ2n) is 6.50. The number of nitrogens with zero attached hydrogens (tertiary/aromatic N) is 2. The Labute approximate surface area is 139 Å². The molecule has 1 aromatic rings. The fourth-order valence-corrected chi connectivity index (χ4v) is 5.47. The van der Waals surface area contributed by atoms with Crippen LogP contribution in [0.5, 0.6) is 5.75 Å². The van der Waals surface area contributed by atoms with Crippen molar-refractivity contribution in [1.82, 2.24) is 8.61 Å². The van der Waals surface area contributed by atoms with E-state index in [0.717, 1.165) is 37.9 Å². The standard InChI is InChI=1S/C17H26N2O3S/c1-22-17-9-3-2-8-16(17)13-15-7-6-12-19(14-15)23(20,21)18-10-4-5-11-18/h2-3,8-9,15H,4-7,10-14H2,1H3. The molecule has 23 heavy (non-hydrogen) atoms. The van der Waals surface area contributed by atoms with Crippen molar-refractivity contribution in [3.8, 4) is 5.75 Å². The van der Waals surface area contributed by atoms with Crippen LogP contribution in [0.15, 0.2) is 24.3 Å². The SMILES string of the molecule is COc1ccccc1CC1CCCN(S(=O)(=O)N2CCCC2)C1. The van der Waals surface area contributed by atoms with Gasteiger partial charge >= 0.3 is 0 Å². The Morgan fingerprint density at radius 1 is 1.09 bits per heavy atom. The minimum absolute atomic E-state index is 0.359. The number of hydrogen-bond acceptors (Lipinski definition) is 3. The van der Waals surface area contributed by atoms with Gasteiger partial charge < -0.3 is 4.74 Å². The third-order valence-corrected chi connectivity index (χ3v) is 6.90. The van der Waals surface area contributed by atoms with Crippen LogP contribution in [0.2, 0.25) is 0 Å². The first-order valence-corrected chi connectivity index (χ1v) is 9.88. The highest BCUT2D eigenvalue weighted by molar-refractivity contribution is 7.86. The summed E-state index contributed by atoms with van der Waals surface area (Å²) in [5, 5.41) is 0. The molecule has 2 aliphatic rings. The Hall–Kier alpha value is -1.11. The zero-order chi connectivity index (χ0) is 16.3. The molecular weight excluding hydrogens is 312 g/mol. The minimum atomic E-state index is -3.27. The predicted molar refractivity (Wildman–Crippen MR) is 90.7 cm³/mol. The molecule has 0 saturated carbocycles. The van der Waals surface area contributed by atoms with Gasteiger partial charge in [0, 0.05) is 26.2 Å². The molecular formula is C17H26N2O3S. The first-order valence-electron chi connectivity index (χ1n) is 8.48. The van der Waals surface area contributed by atoms with Crippen LogP contribution in [0.3, 0.4) is 0 Å². The number of rotatable bonds is 5. The Bertz CT molecular complexity index is 626. The number of ether oxygens (including phenoxy) is 1. The fourth-order valence-electron chi connectivity index (χ4n) is 3.67. The van der Waals surface area contributed by atoms with E-state index in [4.69, 9.17) is 4.74 Å². The molecule has 2 aliphatic heterocycles. The Kier molecular flexibility index (Phi) is 5.24. The maximum atomic E-state index is 12.7. The maximum Gasteiger partial charge on any atom is 0.281 e. The van der Waals surface area contributed by atoms with E-state index in [1.54, 1.807) is 15.7 Å². The molecule has 2 saturated heterocycles. The van der Waals surface area contributed by atoms with Crippen molar-refractivity contribution in [1.29, 1.82) is 0 Å². The Morgan fingerprint density at radius 3 is 2.52 bits per heavy atom. The highest BCUT2D eigenvalue weighted by Crippen LogP contribution is 2.28. The summed E-state index contributed by atoms with van der Waals surface area (Å²) in [7, 11) is -1.58. The van der Waals surface area contributed by atoms with E-state index in [9.17, 15) is 8.42 Å². The third kappa shape index (κ3) is 3.70. The number of hydrogen-bond donors (Lipinski definition) is 0. The van der Waals surface area contributed by atoms with Crippen LogP contribution in [0.1, 0.15) is 31.2 Å². The van der Waals surface area contributed by atoms with E-state index in [-0.39, 0.29) is 0 Å². The highest BCUT2D eigenvalue weighted by atomic mass is 32.2. The van der Waals surface area contributed by atoms with Gasteiger partial charge in [-0.25, -0.2) is 0 Å². The van der Waals surface area contributed by atoms with Crippen molar-refractivity contribution in [3.05, 3.63) is 29.8 Å². The second-order valence-corrected chi connectivity index (χ2v) is 8.42. The molecule has 2 heterocycles. The number of benzene rings is 1. The van der Waals surface area contributed by atoms with E-state index in [2.05, 4.69) is 6.07 Å². The summed E-state index contributed by atoms with van der Waals surface area (Å²) in [6.07, 6.45) is 4.85. The van der Waals surface area contributed by atoms with Crippen LogP contribution in [0, 0.1) is 5.92 Å². The van der Waals surface area contributed by atoms with Crippen LogP contribution in [-0.2, 0) is 16.6 Å². The first kappa shape index (κ1) is 16.7. The lowest BCUT2D eigenvalue weighted by atomic mass is 9.92. The molecule has 0 spiro atoms. The highest BCUT2D eigenvalue weighted by Gasteiger charge is 2.34. The number of para-hydroxylation sites is 1. The zero-order valence-corrected chi connectivity index (χ0v) is 14.6. The van der Waals surface area contributed by atoms with Crippen LogP contribution in [-0.4, -0.2) is 50.3 Å². The van der Waals surface area contributed by atoms with E-state index in [1.807, 2.05) is 18.2 Å². The smallest absolute Gasteiger partial charge is 0.281 e. The van der Waals surface area contributed by atoms with Gasteiger partial charge in [0.15, 0.2) is 0 Å². The molecule has 0 radical (unpaired) electrons. The van der Waals surface area contributed by atoms with Gasteiger partial charge in [0.05, 0.1) is 7.11 Å². The third-order valence-electron chi connectivity index (χ3n) is 4.90. The normalized spacial score (nSPS) is 24.0. The van der Waals surface area contributed by atoms with Gasteiger partial charge in [0.25, 0.3) is 10.2 Å².